The van der Waals surface area contributed by atoms with E-state index in [1.807, 2.05) is 19.3 Å². The molecule has 2 rings (SSSR count). The molecule has 0 radical (unpaired) electrons. The quantitative estimate of drug-likeness (QED) is 0.936. The first-order chi connectivity index (χ1) is 8.65. The number of hydrogen-bond donors (Lipinski definition) is 1. The van der Waals surface area contributed by atoms with Crippen LogP contribution in [0.25, 0.3) is 0 Å². The van der Waals surface area contributed by atoms with Gasteiger partial charge in [0.15, 0.2) is 0 Å². The monoisotopic (exact) mass is 307 g/mol. The first kappa shape index (κ1) is 13.3. The van der Waals surface area contributed by atoms with E-state index in [9.17, 15) is 0 Å². The summed E-state index contributed by atoms with van der Waals surface area (Å²) < 4.78 is 3.09. The van der Waals surface area contributed by atoms with Gasteiger partial charge in [0.1, 0.15) is 0 Å². The molecule has 1 aromatic carbocycles. The molecule has 0 fully saturated rings. The maximum atomic E-state index is 4.44. The second-order valence-corrected chi connectivity index (χ2v) is 5.40. The summed E-state index contributed by atoms with van der Waals surface area (Å²) in [5, 5.41) is 7.81. The van der Waals surface area contributed by atoms with Gasteiger partial charge in [-0.05, 0) is 42.4 Å². The minimum atomic E-state index is 0.144. The van der Waals surface area contributed by atoms with Gasteiger partial charge < -0.3 is 5.32 Å². The van der Waals surface area contributed by atoms with Crippen LogP contribution in [-0.4, -0.2) is 16.8 Å². The zero-order valence-electron chi connectivity index (χ0n) is 10.9. The number of benzene rings is 1. The van der Waals surface area contributed by atoms with Gasteiger partial charge in [0.05, 0.1) is 22.4 Å². The highest BCUT2D eigenvalue weighted by Gasteiger charge is 2.21. The van der Waals surface area contributed by atoms with E-state index in [0.717, 1.165) is 4.47 Å². The molecule has 0 bridgehead atoms. The number of aromatic nitrogens is 2. The average Bonchev–Trinajstić information content (AvgIpc) is 2.74. The number of hydrogen-bond acceptors (Lipinski definition) is 2. The molecule has 0 aliphatic heterocycles. The topological polar surface area (TPSA) is 29.9 Å². The van der Waals surface area contributed by atoms with Crippen molar-refractivity contribution in [3.63, 3.8) is 0 Å². The van der Waals surface area contributed by atoms with Gasteiger partial charge >= 0.3 is 0 Å². The molecule has 0 amide bonds. The van der Waals surface area contributed by atoms with Crippen LogP contribution >= 0.6 is 15.9 Å². The Morgan fingerprint density at radius 3 is 2.44 bits per heavy atom. The number of halogens is 1. The van der Waals surface area contributed by atoms with E-state index in [1.165, 1.54) is 11.3 Å². The molecule has 1 unspecified atom stereocenters. The summed E-state index contributed by atoms with van der Waals surface area (Å²) in [7, 11) is 1.97. The van der Waals surface area contributed by atoms with Gasteiger partial charge in [-0.1, -0.05) is 30.3 Å². The fraction of sp³-hybridized carbons (Fsp3) is 0.357. The summed E-state index contributed by atoms with van der Waals surface area (Å²) in [6.07, 6.45) is 1.86. The fourth-order valence-corrected chi connectivity index (χ4v) is 2.64. The maximum Gasteiger partial charge on any atom is 0.0757 e. The molecule has 2 aromatic rings. The molecule has 0 spiro atoms. The minimum Gasteiger partial charge on any atom is -0.308 e. The largest absolute Gasteiger partial charge is 0.308 e. The van der Waals surface area contributed by atoms with Crippen LogP contribution in [0.4, 0.5) is 0 Å². The van der Waals surface area contributed by atoms with E-state index in [-0.39, 0.29) is 6.04 Å². The number of nitrogens with zero attached hydrogens (tertiary/aromatic N) is 2. The standard InChI is InChI=1S/C14H18BrN3/c1-10(2)18-14(12(15)9-17-18)13(16-3)11-7-5-4-6-8-11/h4-10,13,16H,1-3H3. The average molecular weight is 308 g/mol. The second-order valence-electron chi connectivity index (χ2n) is 4.55. The van der Waals surface area contributed by atoms with Crippen molar-refractivity contribution < 1.29 is 0 Å². The third-order valence-corrected chi connectivity index (χ3v) is 3.58. The normalized spacial score (nSPS) is 12.9. The summed E-state index contributed by atoms with van der Waals surface area (Å²) in [5.41, 5.74) is 2.40. The van der Waals surface area contributed by atoms with Gasteiger partial charge in [-0.15, -0.1) is 0 Å². The molecule has 1 heterocycles. The zero-order chi connectivity index (χ0) is 13.1. The molecule has 3 nitrogen and oxygen atoms in total. The Labute approximate surface area is 116 Å². The molecule has 1 N–H and O–H groups in total. The predicted molar refractivity (Wildman–Crippen MR) is 77.7 cm³/mol. The van der Waals surface area contributed by atoms with E-state index in [1.54, 1.807) is 0 Å². The van der Waals surface area contributed by atoms with E-state index >= 15 is 0 Å². The summed E-state index contributed by atoms with van der Waals surface area (Å²) in [6, 6.07) is 10.9. The van der Waals surface area contributed by atoms with Gasteiger partial charge in [-0.25, -0.2) is 0 Å². The van der Waals surface area contributed by atoms with Crippen molar-refractivity contribution in [3.05, 3.63) is 52.3 Å². The van der Waals surface area contributed by atoms with Crippen LogP contribution < -0.4 is 5.32 Å². The zero-order valence-corrected chi connectivity index (χ0v) is 12.5. The highest BCUT2D eigenvalue weighted by molar-refractivity contribution is 9.10. The fourth-order valence-electron chi connectivity index (χ4n) is 2.14. The number of nitrogens with one attached hydrogen (secondary N) is 1. The van der Waals surface area contributed by atoms with Crippen molar-refractivity contribution >= 4 is 15.9 Å². The summed E-state index contributed by atoms with van der Waals surface area (Å²) in [5.74, 6) is 0. The van der Waals surface area contributed by atoms with E-state index in [2.05, 4.69) is 69.1 Å². The van der Waals surface area contributed by atoms with Crippen molar-refractivity contribution in [2.75, 3.05) is 7.05 Å². The van der Waals surface area contributed by atoms with Crippen LogP contribution in [0.2, 0.25) is 0 Å². The van der Waals surface area contributed by atoms with E-state index < -0.39 is 0 Å². The molecule has 0 aliphatic rings. The van der Waals surface area contributed by atoms with Gasteiger partial charge in [0.2, 0.25) is 0 Å². The van der Waals surface area contributed by atoms with Crippen LogP contribution in [0, 0.1) is 0 Å². The highest BCUT2D eigenvalue weighted by Crippen LogP contribution is 2.30. The molecule has 96 valence electrons. The van der Waals surface area contributed by atoms with Gasteiger partial charge in [0.25, 0.3) is 0 Å². The lowest BCUT2D eigenvalue weighted by Gasteiger charge is -2.21. The van der Waals surface area contributed by atoms with Gasteiger partial charge in [0, 0.05) is 6.04 Å². The van der Waals surface area contributed by atoms with Gasteiger partial charge in [-0.3, -0.25) is 4.68 Å². The first-order valence-corrected chi connectivity index (χ1v) is 6.89. The highest BCUT2D eigenvalue weighted by atomic mass is 79.9. The van der Waals surface area contributed by atoms with Crippen molar-refractivity contribution in [1.82, 2.24) is 15.1 Å². The molecule has 1 atom stereocenters. The van der Waals surface area contributed by atoms with Gasteiger partial charge in [-0.2, -0.15) is 5.10 Å². The third-order valence-electron chi connectivity index (χ3n) is 2.97. The van der Waals surface area contributed by atoms with Crippen molar-refractivity contribution in [3.8, 4) is 0 Å². The summed E-state index contributed by atoms with van der Waals surface area (Å²) in [4.78, 5) is 0. The molecule has 0 saturated heterocycles. The molecule has 0 aliphatic carbocycles. The predicted octanol–water partition coefficient (Wildman–Crippen LogP) is 3.54. The molecule has 4 heteroatoms. The summed E-state index contributed by atoms with van der Waals surface area (Å²) in [6.45, 7) is 4.28. The Bertz CT molecular complexity index is 505. The van der Waals surface area contributed by atoms with Crippen LogP contribution in [0.5, 0.6) is 0 Å². The minimum absolute atomic E-state index is 0.144. The van der Waals surface area contributed by atoms with Crippen molar-refractivity contribution in [2.45, 2.75) is 25.9 Å². The Morgan fingerprint density at radius 2 is 1.89 bits per heavy atom. The molecule has 1 aromatic heterocycles. The molecular formula is C14H18BrN3. The Balaban J connectivity index is 2.48. The lowest BCUT2D eigenvalue weighted by atomic mass is 10.0. The van der Waals surface area contributed by atoms with Crippen LogP contribution in [0.1, 0.15) is 37.2 Å². The van der Waals surface area contributed by atoms with Crippen LogP contribution in [-0.2, 0) is 0 Å². The van der Waals surface area contributed by atoms with E-state index in [4.69, 9.17) is 0 Å². The third kappa shape index (κ3) is 2.49. The Morgan fingerprint density at radius 1 is 1.22 bits per heavy atom. The summed E-state index contributed by atoms with van der Waals surface area (Å²) >= 11 is 3.60. The molecular weight excluding hydrogens is 290 g/mol. The van der Waals surface area contributed by atoms with Crippen LogP contribution in [0.15, 0.2) is 41.0 Å². The SMILES string of the molecule is CNC(c1ccccc1)c1c(Br)cnn1C(C)C. The molecule has 18 heavy (non-hydrogen) atoms. The Kier molecular flexibility index (Phi) is 4.19. The lowest BCUT2D eigenvalue weighted by Crippen LogP contribution is -2.22. The van der Waals surface area contributed by atoms with Crippen molar-refractivity contribution in [2.24, 2.45) is 0 Å². The van der Waals surface area contributed by atoms with E-state index in [0.29, 0.717) is 6.04 Å². The first-order valence-electron chi connectivity index (χ1n) is 6.10. The van der Waals surface area contributed by atoms with Crippen LogP contribution in [0.3, 0.4) is 0 Å². The maximum absolute atomic E-state index is 4.44. The van der Waals surface area contributed by atoms with Crippen molar-refractivity contribution in [1.29, 1.82) is 0 Å². The smallest absolute Gasteiger partial charge is 0.0757 e. The second kappa shape index (κ2) is 5.67. The lowest BCUT2D eigenvalue weighted by molar-refractivity contribution is 0.483. The molecule has 0 saturated carbocycles. The number of rotatable bonds is 4. The Hall–Kier alpha value is -1.13.